The number of thioether (sulfide) groups is 3. The quantitative estimate of drug-likeness (QED) is 0.0417. The van der Waals surface area contributed by atoms with Crippen LogP contribution in [0.25, 0.3) is 21.8 Å². The van der Waals surface area contributed by atoms with Crippen molar-refractivity contribution in [1.82, 2.24) is 9.97 Å². The summed E-state index contributed by atoms with van der Waals surface area (Å²) in [5.41, 5.74) is 10.3. The van der Waals surface area contributed by atoms with Gasteiger partial charge in [-0.1, -0.05) is 71.6 Å². The number of pyridine rings is 2. The van der Waals surface area contributed by atoms with Crippen molar-refractivity contribution >= 4 is 97.6 Å². The average molecular weight is 765 g/mol. The molecule has 0 fully saturated rings. The summed E-state index contributed by atoms with van der Waals surface area (Å²) in [5.74, 6) is 0.840. The highest BCUT2D eigenvalue weighted by Crippen LogP contribution is 2.38. The predicted octanol–water partition coefficient (Wildman–Crippen LogP) is 10.8. The number of hydrogen-bond donors (Lipinski definition) is 4. The highest BCUT2D eigenvalue weighted by atomic mass is 32.2. The molecule has 0 aliphatic carbocycles. The first-order valence-corrected chi connectivity index (χ1v) is 21.8. The van der Waals surface area contributed by atoms with E-state index in [4.69, 9.17) is 5.73 Å². The van der Waals surface area contributed by atoms with Gasteiger partial charge in [0.05, 0.1) is 39.0 Å². The number of aromatic nitrogens is 2. The second-order valence-electron chi connectivity index (χ2n) is 12.7. The molecule has 2 aromatic carbocycles. The molecule has 0 bridgehead atoms. The summed E-state index contributed by atoms with van der Waals surface area (Å²) in [4.78, 5) is 47.1. The Labute approximate surface area is 322 Å². The third-order valence-corrected chi connectivity index (χ3v) is 11.4. The number of nitrogens with two attached hydrogens (primary N) is 1. The van der Waals surface area contributed by atoms with Crippen molar-refractivity contribution < 1.29 is 14.4 Å². The van der Waals surface area contributed by atoms with Crippen LogP contribution in [-0.4, -0.2) is 51.2 Å². The highest BCUT2D eigenvalue weighted by molar-refractivity contribution is 8.00. The van der Waals surface area contributed by atoms with Crippen molar-refractivity contribution in [3.05, 3.63) is 48.8 Å². The number of carbonyl (C=O) groups excluding carboxylic acids is 3. The van der Waals surface area contributed by atoms with Gasteiger partial charge in [0.1, 0.15) is 0 Å². The van der Waals surface area contributed by atoms with E-state index < -0.39 is 0 Å². The van der Waals surface area contributed by atoms with Gasteiger partial charge in [-0.05, 0) is 67.5 Å². The molecule has 2 heterocycles. The number of nitrogens with zero attached hydrogens (tertiary/aromatic N) is 2. The maximum atomic E-state index is 13.5. The van der Waals surface area contributed by atoms with Gasteiger partial charge < -0.3 is 21.7 Å². The van der Waals surface area contributed by atoms with E-state index in [2.05, 4.69) is 39.8 Å². The minimum atomic E-state index is -0.140. The molecular weight excluding hydrogens is 709 g/mol. The number of fused-ring (bicyclic) bond motifs is 2. The van der Waals surface area contributed by atoms with Crippen LogP contribution in [0.5, 0.6) is 0 Å². The Morgan fingerprint density at radius 1 is 0.712 bits per heavy atom. The van der Waals surface area contributed by atoms with Crippen molar-refractivity contribution in [2.24, 2.45) is 0 Å². The first-order valence-electron chi connectivity index (χ1n) is 18.3. The van der Waals surface area contributed by atoms with E-state index in [0.29, 0.717) is 22.6 Å². The third-order valence-electron chi connectivity index (χ3n) is 8.49. The number of carbonyl (C=O) groups is 3. The number of nitrogens with one attached hydrogen (secondary N) is 3. The zero-order valence-corrected chi connectivity index (χ0v) is 34.1. The summed E-state index contributed by atoms with van der Waals surface area (Å²) >= 11 is 4.91. The molecule has 2 aromatic heterocycles. The van der Waals surface area contributed by atoms with Gasteiger partial charge in [-0.2, -0.15) is 0 Å². The zero-order chi connectivity index (χ0) is 37.9. The van der Waals surface area contributed by atoms with Crippen LogP contribution in [0.3, 0.4) is 0 Å². The van der Waals surface area contributed by atoms with E-state index in [-0.39, 0.29) is 23.0 Å². The minimum absolute atomic E-state index is 0.0562. The largest absolute Gasteiger partial charge is 0.397 e. The van der Waals surface area contributed by atoms with E-state index in [1.54, 1.807) is 47.7 Å². The SMILES string of the molecule is CCCCCCCCC(SCCCCCC)C(=O)Nc1c(SC)cc(NC(C)=O)c2ncccc12.CSc1cc(NC(C)=O)c2ncccc2c1N. The van der Waals surface area contributed by atoms with E-state index >= 15 is 0 Å². The maximum Gasteiger partial charge on any atom is 0.237 e. The lowest BCUT2D eigenvalue weighted by molar-refractivity contribution is -0.116. The topological polar surface area (TPSA) is 139 Å². The Balaban J connectivity index is 0.000000355. The minimum Gasteiger partial charge on any atom is -0.397 e. The number of nitrogen functional groups attached to an aromatic ring is 1. The second-order valence-corrected chi connectivity index (χ2v) is 15.7. The molecule has 9 nitrogen and oxygen atoms in total. The summed E-state index contributed by atoms with van der Waals surface area (Å²) in [6.45, 7) is 7.43. The van der Waals surface area contributed by atoms with Gasteiger partial charge in [0.15, 0.2) is 0 Å². The fraction of sp³-hybridized carbons (Fsp3) is 0.475. The van der Waals surface area contributed by atoms with Gasteiger partial charge in [-0.15, -0.1) is 35.3 Å². The van der Waals surface area contributed by atoms with E-state index in [1.165, 1.54) is 65.2 Å². The lowest BCUT2D eigenvalue weighted by atomic mass is 10.1. The Kier molecular flexibility index (Phi) is 19.2. The Morgan fingerprint density at radius 2 is 1.23 bits per heavy atom. The lowest BCUT2D eigenvalue weighted by Crippen LogP contribution is -2.26. The molecule has 0 radical (unpaired) electrons. The van der Waals surface area contributed by atoms with Crippen LogP contribution in [-0.2, 0) is 14.4 Å². The van der Waals surface area contributed by atoms with Gasteiger partial charge in [0.25, 0.3) is 0 Å². The molecule has 0 saturated heterocycles. The number of unbranched alkanes of at least 4 members (excludes halogenated alkanes) is 8. The molecule has 0 spiro atoms. The van der Waals surface area contributed by atoms with E-state index in [9.17, 15) is 14.4 Å². The van der Waals surface area contributed by atoms with Gasteiger partial charge in [0, 0.05) is 46.8 Å². The van der Waals surface area contributed by atoms with Crippen LogP contribution in [0.4, 0.5) is 22.7 Å². The van der Waals surface area contributed by atoms with Gasteiger partial charge in [0.2, 0.25) is 17.7 Å². The van der Waals surface area contributed by atoms with E-state index in [1.807, 2.05) is 48.9 Å². The Hall–Kier alpha value is -3.48. The molecule has 1 atom stereocenters. The number of hydrogen-bond acceptors (Lipinski definition) is 9. The molecule has 0 aliphatic heterocycles. The van der Waals surface area contributed by atoms with Crippen LogP contribution in [0, 0.1) is 0 Å². The van der Waals surface area contributed by atoms with Crippen LogP contribution in [0.2, 0.25) is 0 Å². The fourth-order valence-electron chi connectivity index (χ4n) is 5.86. The molecule has 12 heteroatoms. The highest BCUT2D eigenvalue weighted by Gasteiger charge is 2.22. The number of amides is 3. The third kappa shape index (κ3) is 13.2. The summed E-state index contributed by atoms with van der Waals surface area (Å²) < 4.78 is 0. The number of rotatable bonds is 19. The molecule has 282 valence electrons. The molecule has 0 aliphatic rings. The Morgan fingerprint density at radius 3 is 1.81 bits per heavy atom. The molecule has 1 unspecified atom stereocenters. The fourth-order valence-corrected chi connectivity index (χ4v) is 8.23. The van der Waals surface area contributed by atoms with Gasteiger partial charge in [-0.3, -0.25) is 24.4 Å². The Bertz CT molecular complexity index is 1770. The van der Waals surface area contributed by atoms with Crippen LogP contribution >= 0.6 is 35.3 Å². The second kappa shape index (κ2) is 23.2. The molecule has 4 aromatic rings. The van der Waals surface area contributed by atoms with Crippen molar-refractivity contribution in [2.45, 2.75) is 113 Å². The summed E-state index contributed by atoms with van der Waals surface area (Å²) in [7, 11) is 0. The maximum absolute atomic E-state index is 13.5. The van der Waals surface area contributed by atoms with Crippen molar-refractivity contribution in [3.63, 3.8) is 0 Å². The van der Waals surface area contributed by atoms with Crippen molar-refractivity contribution in [3.8, 4) is 0 Å². The van der Waals surface area contributed by atoms with Gasteiger partial charge >= 0.3 is 0 Å². The lowest BCUT2D eigenvalue weighted by Gasteiger charge is -2.20. The van der Waals surface area contributed by atoms with Crippen LogP contribution in [0.15, 0.2) is 58.6 Å². The molecule has 5 N–H and O–H groups in total. The van der Waals surface area contributed by atoms with E-state index in [0.717, 1.165) is 56.8 Å². The summed E-state index contributed by atoms with van der Waals surface area (Å²) in [6, 6.07) is 11.3. The van der Waals surface area contributed by atoms with Crippen molar-refractivity contribution in [2.75, 3.05) is 39.9 Å². The average Bonchev–Trinajstić information content (AvgIpc) is 3.14. The smallest absolute Gasteiger partial charge is 0.237 e. The monoisotopic (exact) mass is 764 g/mol. The van der Waals surface area contributed by atoms with Gasteiger partial charge in [-0.25, -0.2) is 0 Å². The molecule has 0 saturated carbocycles. The zero-order valence-electron chi connectivity index (χ0n) is 31.6. The molecule has 4 rings (SSSR count). The summed E-state index contributed by atoms with van der Waals surface area (Å²) in [5, 5.41) is 10.6. The number of anilines is 4. The van der Waals surface area contributed by atoms with Crippen LogP contribution in [0.1, 0.15) is 98.3 Å². The van der Waals surface area contributed by atoms with Crippen molar-refractivity contribution in [1.29, 1.82) is 0 Å². The number of benzene rings is 2. The molecule has 3 amide bonds. The first-order chi connectivity index (χ1) is 25.1. The molecular formula is C40H56N6O3S3. The molecule has 52 heavy (non-hydrogen) atoms. The van der Waals surface area contributed by atoms with Crippen LogP contribution < -0.4 is 21.7 Å². The standard InChI is InChI=1S/C28H43N3O2S2.C12H13N3OS/c1-5-7-9-11-12-13-17-24(35-19-14-10-8-6-2)28(33)31-27-22-16-15-18-29-26(22)23(30-21(3)32)20-25(27)34-4;1-7(16)15-9-6-10(17-2)11(13)8-4-3-5-14-12(8)9/h15-16,18,20,24H,5-14,17,19H2,1-4H3,(H,30,32)(H,31,33);3-6H,13H2,1-2H3,(H,15,16). The first kappa shape index (κ1) is 42.9. The normalized spacial score (nSPS) is 11.5. The predicted molar refractivity (Wildman–Crippen MR) is 227 cm³/mol. The summed E-state index contributed by atoms with van der Waals surface area (Å²) in [6.07, 6.45) is 20.5.